The molecule has 4 aromatic rings. The maximum absolute atomic E-state index is 13.8. The molecule has 0 spiro atoms. The molecule has 6 nitrogen and oxygen atoms in total. The Bertz CT molecular complexity index is 1470. The summed E-state index contributed by atoms with van der Waals surface area (Å²) >= 11 is 1.56. The number of halogens is 2. The number of carbonyl (C=O) groups is 2. The van der Waals surface area contributed by atoms with Gasteiger partial charge in [0.05, 0.1) is 13.4 Å². The summed E-state index contributed by atoms with van der Waals surface area (Å²) in [5.74, 6) is -1.02. The summed E-state index contributed by atoms with van der Waals surface area (Å²) in [5.41, 5.74) is 4.04. The summed E-state index contributed by atoms with van der Waals surface area (Å²) in [4.78, 5) is 29.9. The molecule has 1 atom stereocenters. The number of amides is 1. The van der Waals surface area contributed by atoms with Crippen LogP contribution in [-0.2, 0) is 16.1 Å². The lowest BCUT2D eigenvalue weighted by Gasteiger charge is -2.18. The molecule has 0 saturated carbocycles. The normalized spacial score (nSPS) is 12.2. The van der Waals surface area contributed by atoms with Crippen molar-refractivity contribution in [2.45, 2.75) is 19.0 Å². The number of ether oxygens (including phenoxy) is 1. The Morgan fingerprint density at radius 3 is 2.38 bits per heavy atom. The number of rotatable bonds is 11. The molecule has 1 N–H and O–H groups in total. The van der Waals surface area contributed by atoms with Crippen LogP contribution in [0.2, 0.25) is 0 Å². The van der Waals surface area contributed by atoms with Crippen LogP contribution in [0.4, 0.5) is 8.78 Å². The molecule has 1 amide bonds. The summed E-state index contributed by atoms with van der Waals surface area (Å²) < 4.78 is 34.2. The topological polar surface area (TPSA) is 73.2 Å². The number of esters is 1. The minimum Gasteiger partial charge on any atom is -0.467 e. The molecule has 3 aromatic carbocycles. The number of hydrogen-bond acceptors (Lipinski definition) is 5. The van der Waals surface area contributed by atoms with Crippen LogP contribution in [0.1, 0.15) is 27.9 Å². The molecule has 0 bridgehead atoms. The number of imidazole rings is 1. The summed E-state index contributed by atoms with van der Waals surface area (Å²) in [7, 11) is 1.29. The van der Waals surface area contributed by atoms with Gasteiger partial charge in [0.1, 0.15) is 17.7 Å². The average Bonchev–Trinajstić information content (AvgIpc) is 3.48. The Morgan fingerprint density at radius 2 is 1.75 bits per heavy atom. The molecule has 0 unspecified atom stereocenters. The van der Waals surface area contributed by atoms with Gasteiger partial charge in [-0.15, -0.1) is 0 Å². The van der Waals surface area contributed by atoms with Gasteiger partial charge >= 0.3 is 5.97 Å². The van der Waals surface area contributed by atoms with Crippen LogP contribution in [0, 0.1) is 11.6 Å². The molecule has 0 radical (unpaired) electrons. The fourth-order valence-corrected chi connectivity index (χ4v) is 4.71. The highest BCUT2D eigenvalue weighted by Gasteiger charge is 2.23. The van der Waals surface area contributed by atoms with E-state index in [0.29, 0.717) is 35.4 Å². The first-order chi connectivity index (χ1) is 19.4. The minimum absolute atomic E-state index is 0.331. The molecule has 0 aliphatic carbocycles. The van der Waals surface area contributed by atoms with Crippen LogP contribution in [0.3, 0.4) is 0 Å². The van der Waals surface area contributed by atoms with Crippen LogP contribution in [0.25, 0.3) is 22.8 Å². The fraction of sp³-hybridized carbons (Fsp3) is 0.194. The van der Waals surface area contributed by atoms with E-state index in [-0.39, 0.29) is 5.82 Å². The molecule has 206 valence electrons. The third-order valence-electron chi connectivity index (χ3n) is 6.31. The summed E-state index contributed by atoms with van der Waals surface area (Å²) in [6, 6.07) is 16.6. The molecular formula is C31H29F2N3O3S. The number of methoxy groups -OCH3 is 1. The van der Waals surface area contributed by atoms with E-state index in [0.717, 1.165) is 16.7 Å². The van der Waals surface area contributed by atoms with E-state index in [1.807, 2.05) is 29.2 Å². The smallest absolute Gasteiger partial charge is 0.328 e. The van der Waals surface area contributed by atoms with Gasteiger partial charge in [0.15, 0.2) is 0 Å². The zero-order valence-corrected chi connectivity index (χ0v) is 23.0. The SMILES string of the molecule is COC(=O)[C@H](CCSC)NC(=O)c1ccc(C=C(Cn2ccnc2)c2ccc(F)cc2)cc1-c1ccc(F)cc1. The third kappa shape index (κ3) is 7.45. The van der Waals surface area contributed by atoms with Crippen LogP contribution >= 0.6 is 11.8 Å². The molecule has 0 aliphatic rings. The van der Waals surface area contributed by atoms with Crippen molar-refractivity contribution in [1.29, 1.82) is 0 Å². The first-order valence-electron chi connectivity index (χ1n) is 12.6. The van der Waals surface area contributed by atoms with Crippen molar-refractivity contribution < 1.29 is 23.1 Å². The Morgan fingerprint density at radius 1 is 1.05 bits per heavy atom. The van der Waals surface area contributed by atoms with Crippen molar-refractivity contribution in [2.75, 3.05) is 19.1 Å². The van der Waals surface area contributed by atoms with Gasteiger partial charge in [-0.25, -0.2) is 18.6 Å². The second-order valence-corrected chi connectivity index (χ2v) is 10.0. The molecule has 4 rings (SSSR count). The van der Waals surface area contributed by atoms with Gasteiger partial charge < -0.3 is 14.6 Å². The number of nitrogens with zero attached hydrogens (tertiary/aromatic N) is 2. The first-order valence-corrected chi connectivity index (χ1v) is 14.0. The summed E-state index contributed by atoms with van der Waals surface area (Å²) in [6.07, 6.45) is 9.51. The molecule has 1 aromatic heterocycles. The van der Waals surface area contributed by atoms with Crippen LogP contribution in [0.15, 0.2) is 85.5 Å². The van der Waals surface area contributed by atoms with E-state index in [4.69, 9.17) is 4.74 Å². The number of allylic oxidation sites excluding steroid dienone is 1. The molecule has 40 heavy (non-hydrogen) atoms. The van der Waals surface area contributed by atoms with Crippen molar-refractivity contribution in [3.63, 3.8) is 0 Å². The number of thioether (sulfide) groups is 1. The average molecular weight is 562 g/mol. The Balaban J connectivity index is 1.76. The van der Waals surface area contributed by atoms with Gasteiger partial charge in [0.25, 0.3) is 5.91 Å². The lowest BCUT2D eigenvalue weighted by atomic mass is 9.94. The van der Waals surface area contributed by atoms with Gasteiger partial charge in [-0.05, 0) is 88.7 Å². The highest BCUT2D eigenvalue weighted by Crippen LogP contribution is 2.29. The lowest BCUT2D eigenvalue weighted by Crippen LogP contribution is -2.42. The number of nitrogens with one attached hydrogen (secondary N) is 1. The van der Waals surface area contributed by atoms with Gasteiger partial charge in [-0.2, -0.15) is 11.8 Å². The standard InChI is InChI=1S/C31H29F2N3O3S/c1-39-31(38)29(13-16-40-2)35-30(37)27-12-3-21(18-28(27)23-6-10-26(33)11-7-23)17-24(19-36-15-14-34-20-36)22-4-8-25(32)9-5-22/h3-12,14-15,17-18,20,29H,13,16,19H2,1-2H3,(H,35,37)/t29-/m0/s1. The predicted octanol–water partition coefficient (Wildman–Crippen LogP) is 6.09. The fourth-order valence-electron chi connectivity index (χ4n) is 4.24. The van der Waals surface area contributed by atoms with E-state index < -0.39 is 23.7 Å². The number of hydrogen-bond donors (Lipinski definition) is 1. The van der Waals surface area contributed by atoms with Gasteiger partial charge in [0.2, 0.25) is 0 Å². The van der Waals surface area contributed by atoms with E-state index in [1.165, 1.54) is 31.4 Å². The maximum Gasteiger partial charge on any atom is 0.328 e. The third-order valence-corrected chi connectivity index (χ3v) is 6.96. The van der Waals surface area contributed by atoms with E-state index in [9.17, 15) is 18.4 Å². The molecule has 0 fully saturated rings. The Labute approximate surface area is 236 Å². The summed E-state index contributed by atoms with van der Waals surface area (Å²) in [6.45, 7) is 0.482. The molecular weight excluding hydrogens is 532 g/mol. The van der Waals surface area contributed by atoms with E-state index in [1.54, 1.807) is 60.7 Å². The van der Waals surface area contributed by atoms with Crippen LogP contribution in [0.5, 0.6) is 0 Å². The number of carbonyl (C=O) groups excluding carboxylic acids is 2. The highest BCUT2D eigenvalue weighted by molar-refractivity contribution is 7.98. The quantitative estimate of drug-likeness (QED) is 0.177. The van der Waals surface area contributed by atoms with Crippen molar-refractivity contribution in [3.05, 3.63) is 114 Å². The van der Waals surface area contributed by atoms with E-state index >= 15 is 0 Å². The van der Waals surface area contributed by atoms with Crippen LogP contribution < -0.4 is 5.32 Å². The number of benzene rings is 3. The molecule has 9 heteroatoms. The Kier molecular flexibility index (Phi) is 9.86. The number of aromatic nitrogens is 2. The van der Waals surface area contributed by atoms with Gasteiger partial charge in [0, 0.05) is 24.5 Å². The predicted molar refractivity (Wildman–Crippen MR) is 155 cm³/mol. The van der Waals surface area contributed by atoms with Gasteiger partial charge in [-0.3, -0.25) is 4.79 Å². The van der Waals surface area contributed by atoms with Crippen molar-refractivity contribution in [3.8, 4) is 11.1 Å². The Hall–Kier alpha value is -4.24. The van der Waals surface area contributed by atoms with Gasteiger partial charge in [-0.1, -0.05) is 30.3 Å². The largest absolute Gasteiger partial charge is 0.467 e. The zero-order chi connectivity index (χ0) is 28.5. The van der Waals surface area contributed by atoms with Crippen molar-refractivity contribution in [1.82, 2.24) is 14.9 Å². The highest BCUT2D eigenvalue weighted by atomic mass is 32.2. The maximum atomic E-state index is 13.8. The first kappa shape index (κ1) is 28.8. The minimum atomic E-state index is -0.800. The second kappa shape index (κ2) is 13.7. The molecule has 0 saturated heterocycles. The monoisotopic (exact) mass is 561 g/mol. The zero-order valence-electron chi connectivity index (χ0n) is 22.1. The molecule has 0 aliphatic heterocycles. The van der Waals surface area contributed by atoms with Crippen LogP contribution in [-0.4, -0.2) is 46.6 Å². The summed E-state index contributed by atoms with van der Waals surface area (Å²) in [5, 5.41) is 2.80. The van der Waals surface area contributed by atoms with Crippen molar-refractivity contribution >= 4 is 35.3 Å². The van der Waals surface area contributed by atoms with Crippen molar-refractivity contribution in [2.24, 2.45) is 0 Å². The molecule has 1 heterocycles. The van der Waals surface area contributed by atoms with E-state index in [2.05, 4.69) is 10.3 Å². The second-order valence-electron chi connectivity index (χ2n) is 9.05. The lowest BCUT2D eigenvalue weighted by molar-refractivity contribution is -0.142.